The van der Waals surface area contributed by atoms with E-state index in [1.165, 1.54) is 171 Å². The van der Waals surface area contributed by atoms with Crippen LogP contribution in [-0.2, 0) is 0 Å². The fourth-order valence-corrected chi connectivity index (χ4v) is 73.8. The first kappa shape index (κ1) is 52.9. The molecule has 66 heavy (non-hydrogen) atoms. The van der Waals surface area contributed by atoms with Crippen molar-refractivity contribution in [3.8, 4) is 39.0 Å². The van der Waals surface area contributed by atoms with Crippen molar-refractivity contribution in [2.45, 2.75) is 206 Å². The molecule has 0 amide bonds. The summed E-state index contributed by atoms with van der Waals surface area (Å²) in [5.74, 6) is 0. The SMILES string of the molecule is CCCC[Si]1(CCCC)c2ccc(s2)-c2ccc(s2)-c2ccc(s2)[Si](CCCC)(CCCC)[Si](CCCC)(CCCC)c2ccc(s2)-c2ccc(s2)-c2ccc(s2)[Si]1(CCCC)CCCC. The van der Waals surface area contributed by atoms with Crippen molar-refractivity contribution in [3.63, 3.8) is 0 Å². The largest absolute Gasteiger partial charge is 0.144 e. The van der Waals surface area contributed by atoms with E-state index in [2.05, 4.69) is 196 Å². The minimum Gasteiger partial charge on any atom is -0.144 e. The molecule has 6 aromatic heterocycles. The van der Waals surface area contributed by atoms with Crippen LogP contribution in [0.3, 0.4) is 0 Å². The lowest BCUT2D eigenvalue weighted by molar-refractivity contribution is 0.822. The zero-order valence-corrected chi connectivity index (χ0v) is 51.2. The summed E-state index contributed by atoms with van der Waals surface area (Å²) in [7, 11) is -7.93. The van der Waals surface area contributed by atoms with E-state index in [-0.39, 0.29) is 0 Å². The highest BCUT2D eigenvalue weighted by Gasteiger charge is 2.58. The number of rotatable bonds is 24. The maximum absolute atomic E-state index is 2.74. The molecule has 0 aliphatic carbocycles. The quantitative estimate of drug-likeness (QED) is 0.0530. The Morgan fingerprint density at radius 3 is 0.545 bits per heavy atom. The molecule has 7 heterocycles. The summed E-state index contributed by atoms with van der Waals surface area (Å²) in [6, 6.07) is 43.4. The van der Waals surface area contributed by atoms with Gasteiger partial charge in [0, 0.05) is 39.0 Å². The Morgan fingerprint density at radius 2 is 0.379 bits per heavy atom. The molecule has 1 aliphatic heterocycles. The van der Waals surface area contributed by atoms with Gasteiger partial charge in [-0.1, -0.05) is 231 Å². The predicted octanol–water partition coefficient (Wildman–Crippen LogP) is 19.6. The Hall–Kier alpha value is -0.932. The van der Waals surface area contributed by atoms with Gasteiger partial charge in [0.2, 0.25) is 0 Å². The van der Waals surface area contributed by atoms with Crippen molar-refractivity contribution in [2.75, 3.05) is 0 Å². The van der Waals surface area contributed by atoms with Crippen LogP contribution in [0.5, 0.6) is 0 Å². The van der Waals surface area contributed by atoms with Gasteiger partial charge in [-0.3, -0.25) is 0 Å². The lowest BCUT2D eigenvalue weighted by Gasteiger charge is -2.48. The number of thiophene rings is 6. The van der Waals surface area contributed by atoms with Crippen LogP contribution in [0.25, 0.3) is 39.0 Å². The van der Waals surface area contributed by atoms with Gasteiger partial charge in [0.25, 0.3) is 0 Å². The highest BCUT2D eigenvalue weighted by atomic mass is 32.1. The van der Waals surface area contributed by atoms with Gasteiger partial charge < -0.3 is 0 Å². The summed E-state index contributed by atoms with van der Waals surface area (Å²) in [6.07, 6.45) is 21.6. The molecule has 0 fully saturated rings. The minimum atomic E-state index is -1.98. The highest BCUT2D eigenvalue weighted by Crippen LogP contribution is 2.48. The van der Waals surface area contributed by atoms with Crippen LogP contribution in [0.1, 0.15) is 158 Å². The summed E-state index contributed by atoms with van der Waals surface area (Å²) in [5, 5.41) is 0. The van der Waals surface area contributed by atoms with Gasteiger partial charge in [-0.2, -0.15) is 0 Å². The first-order valence-electron chi connectivity index (χ1n) is 26.9. The maximum atomic E-state index is 2.74. The summed E-state index contributed by atoms with van der Waals surface area (Å²) in [5.41, 5.74) is 0. The molecule has 0 nitrogen and oxygen atoms in total. The van der Waals surface area contributed by atoms with E-state index in [1.54, 1.807) is 19.5 Å². The fraction of sp³-hybridized carbons (Fsp3) is 0.571. The highest BCUT2D eigenvalue weighted by molar-refractivity contribution is 7.61. The zero-order valence-electron chi connectivity index (χ0n) is 42.3. The monoisotopic (exact) mass is 1060 g/mol. The van der Waals surface area contributed by atoms with E-state index in [9.17, 15) is 0 Å². The van der Waals surface area contributed by atoms with E-state index in [4.69, 9.17) is 0 Å². The van der Waals surface area contributed by atoms with Crippen molar-refractivity contribution in [2.24, 2.45) is 0 Å². The van der Waals surface area contributed by atoms with Crippen LogP contribution in [-0.4, -0.2) is 30.4 Å². The van der Waals surface area contributed by atoms with Crippen LogP contribution in [0.2, 0.25) is 48.4 Å². The van der Waals surface area contributed by atoms with Crippen molar-refractivity contribution < 1.29 is 0 Å². The minimum absolute atomic E-state index is 1.31. The molecule has 0 atom stereocenters. The molecule has 0 spiro atoms. The summed E-state index contributed by atoms with van der Waals surface area (Å²) in [6.45, 7) is 19.7. The van der Waals surface area contributed by atoms with Gasteiger partial charge in [-0.25, -0.2) is 0 Å². The molecular formula is C56H84S6Si4. The van der Waals surface area contributed by atoms with Crippen LogP contribution >= 0.6 is 68.0 Å². The van der Waals surface area contributed by atoms with Gasteiger partial charge in [0.05, 0.1) is 30.4 Å². The molecule has 1 aliphatic rings. The van der Waals surface area contributed by atoms with Crippen molar-refractivity contribution in [1.29, 1.82) is 0 Å². The Bertz CT molecular complexity index is 2000. The van der Waals surface area contributed by atoms with Crippen molar-refractivity contribution in [3.05, 3.63) is 72.8 Å². The molecular weight excluding hydrogens is 977 g/mol. The lowest BCUT2D eigenvalue weighted by atomic mass is 10.3. The smallest absolute Gasteiger partial charge is 0.0992 e. The second kappa shape index (κ2) is 24.9. The molecule has 360 valence electrons. The van der Waals surface area contributed by atoms with Gasteiger partial charge in [0.1, 0.15) is 0 Å². The van der Waals surface area contributed by atoms with Crippen LogP contribution in [0.15, 0.2) is 72.8 Å². The Kier molecular flexibility index (Phi) is 20.0. The normalized spacial score (nSPS) is 16.0. The number of fused-ring (bicyclic) bond motifs is 16. The van der Waals surface area contributed by atoms with E-state index in [0.29, 0.717) is 0 Å². The van der Waals surface area contributed by atoms with E-state index in [0.717, 1.165) is 0 Å². The molecule has 0 aromatic carbocycles. The second-order valence-electron chi connectivity index (χ2n) is 20.1. The maximum Gasteiger partial charge on any atom is 0.0992 e. The van der Waals surface area contributed by atoms with E-state index >= 15 is 0 Å². The molecule has 12 bridgehead atoms. The molecule has 0 N–H and O–H groups in total. The molecule has 10 heteroatoms. The average molecular weight is 1060 g/mol. The molecule has 0 radical (unpaired) electrons. The summed E-state index contributed by atoms with van der Waals surface area (Å²) < 4.78 is 7.50. The molecule has 0 saturated carbocycles. The summed E-state index contributed by atoms with van der Waals surface area (Å²) >= 11 is 13.3. The lowest BCUT2D eigenvalue weighted by Crippen LogP contribution is -2.74. The molecule has 0 unspecified atom stereocenters. The Morgan fingerprint density at radius 1 is 0.227 bits per heavy atom. The Balaban J connectivity index is 1.52. The number of unbranched alkanes of at least 4 members (excludes halogenated alkanes) is 8. The third kappa shape index (κ3) is 10.6. The van der Waals surface area contributed by atoms with Gasteiger partial charge in [0.15, 0.2) is 0 Å². The molecule has 0 saturated heterocycles. The topological polar surface area (TPSA) is 0 Å². The number of hydrogen-bond donors (Lipinski definition) is 0. The number of hydrogen-bond acceptors (Lipinski definition) is 6. The van der Waals surface area contributed by atoms with E-state index in [1.807, 2.05) is 18.0 Å². The van der Waals surface area contributed by atoms with Crippen molar-refractivity contribution >= 4 is 116 Å². The van der Waals surface area contributed by atoms with Crippen LogP contribution < -0.4 is 18.0 Å². The third-order valence-electron chi connectivity index (χ3n) is 16.0. The molecule has 7 rings (SSSR count). The standard InChI is InChI=1S/C56H84S6Si4/c1-9-17-37-63(38-18-10-2)53-33-29-49(59-53)45-25-26-47(57-45)51-31-35-55(61-51)65(41-21-13-5,42-22-14-6)66(43-23-15-7,44-24-16-8)56-36-32-52(62-56)48-28-27-46(58-48)50-30-34-54(60-50)64(63,39-19-11-3)40-20-12-4/h25-36H,9-24,37-44H2,1-8H3. The van der Waals surface area contributed by atoms with Gasteiger partial charge in [-0.15, -0.1) is 68.0 Å². The average Bonchev–Trinajstić information content (AvgIpc) is 4.20. The van der Waals surface area contributed by atoms with E-state index < -0.39 is 30.4 Å². The van der Waals surface area contributed by atoms with Crippen LogP contribution in [0.4, 0.5) is 0 Å². The van der Waals surface area contributed by atoms with Crippen LogP contribution in [0, 0.1) is 0 Å². The summed E-state index contributed by atoms with van der Waals surface area (Å²) in [4.78, 5) is 12.2. The predicted molar refractivity (Wildman–Crippen MR) is 321 cm³/mol. The van der Waals surface area contributed by atoms with Gasteiger partial charge >= 0.3 is 0 Å². The Labute approximate surface area is 430 Å². The van der Waals surface area contributed by atoms with Gasteiger partial charge in [-0.05, 0) is 66.5 Å². The fourth-order valence-electron chi connectivity index (χ4n) is 12.3. The zero-order chi connectivity index (χ0) is 46.6. The first-order chi connectivity index (χ1) is 32.3. The second-order valence-corrected chi connectivity index (χ2v) is 54.4. The third-order valence-corrected chi connectivity index (χ3v) is 68.6. The molecule has 6 aromatic rings. The first-order valence-corrected chi connectivity index (χ1v) is 43.5. The van der Waals surface area contributed by atoms with Crippen molar-refractivity contribution in [1.82, 2.24) is 0 Å².